The highest BCUT2D eigenvalue weighted by molar-refractivity contribution is 8.93. The van der Waals surface area contributed by atoms with Crippen molar-refractivity contribution in [1.29, 1.82) is 0 Å². The molecule has 37 heavy (non-hydrogen) atoms. The van der Waals surface area contributed by atoms with Gasteiger partial charge in [-0.1, -0.05) is 64.4 Å². The third-order valence-corrected chi connectivity index (χ3v) is 7.04. The highest BCUT2D eigenvalue weighted by atomic mass is 79.9. The molecule has 2 saturated heterocycles. The number of halogens is 2. The lowest BCUT2D eigenvalue weighted by atomic mass is 9.90. The van der Waals surface area contributed by atoms with E-state index in [0.717, 1.165) is 17.7 Å². The van der Waals surface area contributed by atoms with Gasteiger partial charge in [0.05, 0.1) is 37.4 Å². The van der Waals surface area contributed by atoms with E-state index in [9.17, 15) is 0 Å². The molecule has 0 aromatic carbocycles. The maximum absolute atomic E-state index is 6.15. The Bertz CT molecular complexity index is 856. The maximum Gasteiger partial charge on any atom is 0.189 e. The van der Waals surface area contributed by atoms with Crippen LogP contribution in [0.2, 0.25) is 0 Å². The summed E-state index contributed by atoms with van der Waals surface area (Å²) in [7, 11) is 0. The van der Waals surface area contributed by atoms with Crippen LogP contribution in [-0.4, -0.2) is 31.4 Å². The predicted octanol–water partition coefficient (Wildman–Crippen LogP) is 3.65. The van der Waals surface area contributed by atoms with E-state index < -0.39 is 0 Å². The summed E-state index contributed by atoms with van der Waals surface area (Å²) < 4.78 is 26.6. The Morgan fingerprint density at radius 2 is 1.32 bits per heavy atom. The summed E-state index contributed by atoms with van der Waals surface area (Å²) in [4.78, 5) is 4.15. The van der Waals surface area contributed by atoms with E-state index in [2.05, 4.69) is 41.0 Å². The molecule has 0 saturated carbocycles. The average Bonchev–Trinajstić information content (AvgIpc) is 2.91. The quantitative estimate of drug-likeness (QED) is 0.247. The van der Waals surface area contributed by atoms with Crippen molar-refractivity contribution in [1.82, 2.24) is 4.98 Å². The van der Waals surface area contributed by atoms with Crippen molar-refractivity contribution in [2.24, 2.45) is 5.41 Å². The van der Waals surface area contributed by atoms with Crippen LogP contribution in [-0.2, 0) is 25.5 Å². The molecule has 0 N–H and O–H groups in total. The molecule has 0 aliphatic carbocycles. The van der Waals surface area contributed by atoms with E-state index >= 15 is 0 Å². The third-order valence-electron chi connectivity index (χ3n) is 7.04. The summed E-state index contributed by atoms with van der Waals surface area (Å²) >= 11 is 0. The van der Waals surface area contributed by atoms with Gasteiger partial charge in [-0.05, 0) is 18.6 Å². The topological polar surface area (TPSA) is 53.7 Å². The minimum absolute atomic E-state index is 0. The van der Waals surface area contributed by atoms with Crippen LogP contribution >= 0.6 is 17.0 Å². The zero-order valence-electron chi connectivity index (χ0n) is 22.2. The van der Waals surface area contributed by atoms with E-state index in [1.807, 2.05) is 12.1 Å². The van der Waals surface area contributed by atoms with E-state index in [4.69, 9.17) is 18.9 Å². The normalized spacial score (nSPS) is 23.3. The molecule has 4 heterocycles. The molecule has 0 bridgehead atoms. The molecule has 0 atom stereocenters. The average molecular weight is 644 g/mol. The molecule has 208 valence electrons. The molecule has 2 aromatic rings. The number of aromatic nitrogens is 2. The Labute approximate surface area is 244 Å². The minimum atomic E-state index is -0.370. The van der Waals surface area contributed by atoms with Crippen LogP contribution in [0.5, 0.6) is 0 Å². The first kappa shape index (κ1) is 32.3. The molecule has 2 aliphatic rings. The fourth-order valence-corrected chi connectivity index (χ4v) is 4.86. The zero-order chi connectivity index (χ0) is 24.2. The molecule has 6 nitrogen and oxygen atoms in total. The van der Waals surface area contributed by atoms with E-state index in [0.29, 0.717) is 26.4 Å². The van der Waals surface area contributed by atoms with E-state index in [1.165, 1.54) is 64.2 Å². The number of hydrogen-bond donors (Lipinski definition) is 0. The van der Waals surface area contributed by atoms with Gasteiger partial charge in [0.15, 0.2) is 25.0 Å². The number of rotatable bonds is 13. The SMILES string of the molecule is Br.CCCCCCCCCCCC[n+]1cccc(C2OCC3(COC(c4cccnc4)OC3)CO2)c1.[Br-]. The number of unbranched alkanes of at least 4 members (excludes halogenated alkanes) is 9. The van der Waals surface area contributed by atoms with Gasteiger partial charge in [-0.25, -0.2) is 4.57 Å². The lowest BCUT2D eigenvalue weighted by molar-refractivity contribution is -0.698. The lowest BCUT2D eigenvalue weighted by Crippen LogP contribution is -3.00. The van der Waals surface area contributed by atoms with Gasteiger partial charge in [-0.15, -0.1) is 17.0 Å². The highest BCUT2D eigenvalue weighted by Gasteiger charge is 2.43. The number of pyridine rings is 2. The Morgan fingerprint density at radius 1 is 0.784 bits per heavy atom. The van der Waals surface area contributed by atoms with Gasteiger partial charge in [0.25, 0.3) is 0 Å². The van der Waals surface area contributed by atoms with Crippen LogP contribution in [0.15, 0.2) is 49.1 Å². The van der Waals surface area contributed by atoms with Gasteiger partial charge >= 0.3 is 0 Å². The molecule has 8 heteroatoms. The van der Waals surface area contributed by atoms with Gasteiger partial charge in [0.2, 0.25) is 0 Å². The Morgan fingerprint density at radius 3 is 1.89 bits per heavy atom. The summed E-state index contributed by atoms with van der Waals surface area (Å²) in [5.41, 5.74) is 1.75. The molecule has 0 amide bonds. The van der Waals surface area contributed by atoms with Crippen LogP contribution in [0.3, 0.4) is 0 Å². The number of aryl methyl sites for hydroxylation is 1. The Kier molecular flexibility index (Phi) is 15.4. The van der Waals surface area contributed by atoms with Crippen LogP contribution < -0.4 is 21.5 Å². The van der Waals surface area contributed by atoms with Gasteiger partial charge in [0.1, 0.15) is 6.54 Å². The summed E-state index contributed by atoms with van der Waals surface area (Å²) in [5.74, 6) is 0. The van der Waals surface area contributed by atoms with Gasteiger partial charge in [-0.3, -0.25) is 4.98 Å². The van der Waals surface area contributed by atoms with Crippen LogP contribution in [0, 0.1) is 5.41 Å². The van der Waals surface area contributed by atoms with Crippen molar-refractivity contribution < 1.29 is 40.5 Å². The van der Waals surface area contributed by atoms with Crippen LogP contribution in [0.1, 0.15) is 94.8 Å². The number of hydrogen-bond acceptors (Lipinski definition) is 5. The van der Waals surface area contributed by atoms with Gasteiger partial charge in [-0.2, -0.15) is 0 Å². The minimum Gasteiger partial charge on any atom is -1.00 e. The molecule has 0 radical (unpaired) electrons. The number of ether oxygens (including phenoxy) is 4. The fourth-order valence-electron chi connectivity index (χ4n) is 4.86. The lowest BCUT2D eigenvalue weighted by Gasteiger charge is -2.43. The first-order chi connectivity index (χ1) is 17.3. The molecular formula is C29H44Br2N2O4. The van der Waals surface area contributed by atoms with Crippen molar-refractivity contribution in [2.45, 2.75) is 90.3 Å². The molecular weight excluding hydrogens is 600 g/mol. The second kappa shape index (κ2) is 17.6. The second-order valence-electron chi connectivity index (χ2n) is 10.3. The summed E-state index contributed by atoms with van der Waals surface area (Å²) in [6.45, 7) is 5.53. The largest absolute Gasteiger partial charge is 1.00 e. The maximum atomic E-state index is 6.15. The van der Waals surface area contributed by atoms with E-state index in [1.54, 1.807) is 12.4 Å². The predicted molar refractivity (Wildman–Crippen MR) is 145 cm³/mol. The second-order valence-corrected chi connectivity index (χ2v) is 10.3. The van der Waals surface area contributed by atoms with Crippen molar-refractivity contribution in [3.63, 3.8) is 0 Å². The molecule has 2 aliphatic heterocycles. The monoisotopic (exact) mass is 642 g/mol. The molecule has 2 aromatic heterocycles. The van der Waals surface area contributed by atoms with Crippen LogP contribution in [0.4, 0.5) is 0 Å². The molecule has 2 fully saturated rings. The molecule has 1 spiro atoms. The van der Waals surface area contributed by atoms with E-state index in [-0.39, 0.29) is 52.0 Å². The highest BCUT2D eigenvalue weighted by Crippen LogP contribution is 2.37. The fraction of sp³-hybridized carbons (Fsp3) is 0.655. The summed E-state index contributed by atoms with van der Waals surface area (Å²) in [6.07, 6.45) is 20.7. The van der Waals surface area contributed by atoms with Crippen molar-refractivity contribution in [2.75, 3.05) is 26.4 Å². The summed E-state index contributed by atoms with van der Waals surface area (Å²) in [6, 6.07) is 8.05. The Balaban J connectivity index is 0.00000241. The van der Waals surface area contributed by atoms with Gasteiger partial charge in [0, 0.05) is 30.4 Å². The van der Waals surface area contributed by atoms with Crippen molar-refractivity contribution in [3.8, 4) is 0 Å². The zero-order valence-corrected chi connectivity index (χ0v) is 25.5. The first-order valence-corrected chi connectivity index (χ1v) is 13.6. The Hall–Kier alpha value is -0.900. The first-order valence-electron chi connectivity index (χ1n) is 13.6. The smallest absolute Gasteiger partial charge is 0.189 e. The molecule has 4 rings (SSSR count). The third kappa shape index (κ3) is 10.3. The number of nitrogens with zero attached hydrogens (tertiary/aromatic N) is 2. The van der Waals surface area contributed by atoms with Gasteiger partial charge < -0.3 is 35.9 Å². The standard InChI is InChI=1S/C29H43N2O4.2BrH/c1-2-3-4-5-6-7-8-9-10-11-17-31-18-13-15-26(20-31)28-34-23-29(24-35-28)21-32-27(33-22-29)25-14-12-16-30-19-25;;/h12-16,18-20,27-28H,2-11,17,21-24H2,1H3;2*1H/q+1;;/p-1. The summed E-state index contributed by atoms with van der Waals surface area (Å²) in [5, 5.41) is 0. The van der Waals surface area contributed by atoms with Crippen molar-refractivity contribution in [3.05, 3.63) is 60.2 Å². The molecule has 0 unspecified atom stereocenters. The van der Waals surface area contributed by atoms with Crippen molar-refractivity contribution >= 4 is 17.0 Å². The van der Waals surface area contributed by atoms with Crippen LogP contribution in [0.25, 0.3) is 0 Å².